The first-order valence-electron chi connectivity index (χ1n) is 24.5. The maximum atomic E-state index is 13.8. The van der Waals surface area contributed by atoms with Crippen molar-refractivity contribution in [3.05, 3.63) is 11.6 Å². The molecule has 8 aliphatic rings. The van der Waals surface area contributed by atoms with Crippen molar-refractivity contribution in [1.29, 1.82) is 0 Å². The van der Waals surface area contributed by atoms with Crippen molar-refractivity contribution >= 4 is 11.8 Å². The number of allylic oxidation sites excluding steroid dienone is 2. The molecule has 18 nitrogen and oxygen atoms in total. The molecule has 0 aromatic carbocycles. The number of fused-ring (bicyclic) bond motifs is 7. The lowest BCUT2D eigenvalue weighted by Gasteiger charge is -2.71. The van der Waals surface area contributed by atoms with E-state index < -0.39 is 116 Å². The van der Waals surface area contributed by atoms with E-state index in [-0.39, 0.29) is 51.4 Å². The smallest absolute Gasteiger partial charge is 0.337 e. The summed E-state index contributed by atoms with van der Waals surface area (Å²) in [6.07, 6.45) is -16.9. The van der Waals surface area contributed by atoms with Crippen molar-refractivity contribution in [3.63, 3.8) is 0 Å². The minimum atomic E-state index is -1.95. The molecule has 5 aliphatic carbocycles. The molecule has 3 heterocycles. The number of aliphatic hydroxyl groups excluding tert-OH is 9. The van der Waals surface area contributed by atoms with Crippen molar-refractivity contribution in [2.75, 3.05) is 20.3 Å². The number of methoxy groups -OCH3 is 1. The molecule has 7 fully saturated rings. The lowest BCUT2D eigenvalue weighted by molar-refractivity contribution is -0.396. The lowest BCUT2D eigenvalue weighted by atomic mass is 9.33. The number of esters is 1. The van der Waals surface area contributed by atoms with Gasteiger partial charge in [-0.2, -0.15) is 0 Å². The van der Waals surface area contributed by atoms with Crippen molar-refractivity contribution in [2.45, 2.75) is 211 Å². The van der Waals surface area contributed by atoms with Crippen LogP contribution in [-0.4, -0.2) is 176 Å². The van der Waals surface area contributed by atoms with Crippen LogP contribution in [0.1, 0.15) is 113 Å². The summed E-state index contributed by atoms with van der Waals surface area (Å²) >= 11 is 0. The minimum absolute atomic E-state index is 0.0705. The Morgan fingerprint density at radius 3 is 2.00 bits per heavy atom. The summed E-state index contributed by atoms with van der Waals surface area (Å²) in [5.41, 5.74) is -0.412. The first-order valence-corrected chi connectivity index (χ1v) is 24.5. The van der Waals surface area contributed by atoms with Crippen LogP contribution in [0.15, 0.2) is 11.6 Å². The summed E-state index contributed by atoms with van der Waals surface area (Å²) in [4.78, 5) is 26.9. The fourth-order valence-corrected chi connectivity index (χ4v) is 15.0. The number of hydrogen-bond acceptors (Lipinski definition) is 18. The molecular weight excluding hydrogens is 877 g/mol. The molecule has 0 spiro atoms. The van der Waals surface area contributed by atoms with Crippen LogP contribution >= 0.6 is 0 Å². The van der Waals surface area contributed by atoms with E-state index in [4.69, 9.17) is 33.2 Å². The van der Waals surface area contributed by atoms with Crippen molar-refractivity contribution in [3.8, 4) is 0 Å². The highest BCUT2D eigenvalue weighted by Crippen LogP contribution is 2.75. The molecule has 3 aliphatic heterocycles. The summed E-state index contributed by atoms with van der Waals surface area (Å²) in [7, 11) is 1.09. The zero-order valence-electron chi connectivity index (χ0n) is 40.5. The summed E-state index contributed by atoms with van der Waals surface area (Å²) in [6.45, 7) is 16.2. The first kappa shape index (κ1) is 51.6. The highest BCUT2D eigenvalue weighted by molar-refractivity contribution is 5.87. The van der Waals surface area contributed by atoms with E-state index in [9.17, 15) is 55.5 Å². The van der Waals surface area contributed by atoms with Crippen molar-refractivity contribution < 1.29 is 88.7 Å². The number of ketones is 1. The SMILES string of the molecule is COC(=O)C1OC(OC2CCC3(C)C(CCC4(C)C3CC=C3C5CC(C)(C)CC(=O)C5(C)CCC34C)C2(C)CO)C(OC2OC(CO)C(O)C(O)C2OC2OC(C)C(O)C(O)C2O)C(O)C1O. The van der Waals surface area contributed by atoms with Gasteiger partial charge in [-0.15, -0.1) is 0 Å². The van der Waals surface area contributed by atoms with Gasteiger partial charge in [0.1, 0.15) is 66.8 Å². The molecule has 0 aromatic rings. The van der Waals surface area contributed by atoms with Crippen LogP contribution in [0.2, 0.25) is 0 Å². The summed E-state index contributed by atoms with van der Waals surface area (Å²) in [6, 6.07) is 0. The van der Waals surface area contributed by atoms with Gasteiger partial charge in [-0.05, 0) is 97.7 Å². The Hall–Kier alpha value is -1.72. The maximum absolute atomic E-state index is 13.8. The third-order valence-electron chi connectivity index (χ3n) is 19.4. The molecule has 9 N–H and O–H groups in total. The van der Waals surface area contributed by atoms with Crippen LogP contribution in [0.3, 0.4) is 0 Å². The molecule has 18 heteroatoms. The Labute approximate surface area is 393 Å². The van der Waals surface area contributed by atoms with Gasteiger partial charge in [0.05, 0.1) is 32.5 Å². The van der Waals surface area contributed by atoms with Gasteiger partial charge in [-0.1, -0.05) is 60.1 Å². The summed E-state index contributed by atoms with van der Waals surface area (Å²) in [5, 5.41) is 98.7. The van der Waals surface area contributed by atoms with Crippen molar-refractivity contribution in [2.24, 2.45) is 50.2 Å². The number of hydrogen-bond donors (Lipinski definition) is 9. The van der Waals surface area contributed by atoms with E-state index in [0.29, 0.717) is 25.0 Å². The molecule has 382 valence electrons. The van der Waals surface area contributed by atoms with Crippen LogP contribution in [-0.2, 0) is 42.7 Å². The normalized spacial score (nSPS) is 54.1. The zero-order valence-corrected chi connectivity index (χ0v) is 40.5. The van der Waals surface area contributed by atoms with Gasteiger partial charge in [0.2, 0.25) is 0 Å². The standard InChI is InChI=1S/C49H78O18/c1-22-30(53)32(55)36(59)41(62-22)66-38-33(56)31(54)25(20-50)63-42(38)67-39-35(58)34(57)37(40(60)61-9)65-43(39)64-29-13-14-46(5)26(47(29,6)21-51)12-15-49(8)27(46)11-10-23-24-18-44(2,3)19-28(52)45(24,4)16-17-48(23,49)7/h10,22,24-27,29-39,41-43,50-51,53-59H,11-21H2,1-9H3. The number of aliphatic hydroxyl groups is 9. The Bertz CT molecular complexity index is 1880. The van der Waals surface area contributed by atoms with Crippen LogP contribution in [0.5, 0.6) is 0 Å². The highest BCUT2D eigenvalue weighted by Gasteiger charge is 2.70. The Morgan fingerprint density at radius 1 is 0.716 bits per heavy atom. The number of carbonyl (C=O) groups excluding carboxylic acids is 2. The zero-order chi connectivity index (χ0) is 49.1. The second-order valence-corrected chi connectivity index (χ2v) is 23.6. The van der Waals surface area contributed by atoms with Crippen LogP contribution in [0.4, 0.5) is 0 Å². The minimum Gasteiger partial charge on any atom is -0.467 e. The molecule has 4 saturated carbocycles. The number of Topliss-reactive ketones (excluding diaryl/α,β-unsaturated/α-hetero) is 1. The predicted octanol–water partition coefficient (Wildman–Crippen LogP) is 1.00. The van der Waals surface area contributed by atoms with E-state index >= 15 is 0 Å². The highest BCUT2D eigenvalue weighted by atomic mass is 16.8. The van der Waals surface area contributed by atoms with Gasteiger partial charge in [-0.25, -0.2) is 4.79 Å². The summed E-state index contributed by atoms with van der Waals surface area (Å²) < 4.78 is 41.6. The molecule has 0 radical (unpaired) electrons. The van der Waals surface area contributed by atoms with E-state index in [1.165, 1.54) is 12.5 Å². The van der Waals surface area contributed by atoms with Crippen molar-refractivity contribution in [1.82, 2.24) is 0 Å². The Morgan fingerprint density at radius 2 is 1.36 bits per heavy atom. The van der Waals surface area contributed by atoms with Crippen LogP contribution in [0.25, 0.3) is 0 Å². The molecule has 24 atom stereocenters. The fourth-order valence-electron chi connectivity index (χ4n) is 15.0. The Balaban J connectivity index is 1.08. The van der Waals surface area contributed by atoms with Crippen LogP contribution in [0, 0.1) is 50.2 Å². The molecule has 0 aromatic heterocycles. The van der Waals surface area contributed by atoms with Crippen LogP contribution < -0.4 is 0 Å². The number of carbonyl (C=O) groups is 2. The second kappa shape index (κ2) is 18.1. The largest absolute Gasteiger partial charge is 0.467 e. The fraction of sp³-hybridized carbons (Fsp3) is 0.918. The molecule has 8 rings (SSSR count). The molecule has 0 amide bonds. The van der Waals surface area contributed by atoms with Gasteiger partial charge >= 0.3 is 5.97 Å². The monoisotopic (exact) mass is 955 g/mol. The van der Waals surface area contributed by atoms with Gasteiger partial charge in [-0.3, -0.25) is 4.79 Å². The van der Waals surface area contributed by atoms with E-state index in [1.54, 1.807) is 0 Å². The van der Waals surface area contributed by atoms with E-state index in [1.807, 2.05) is 6.92 Å². The molecule has 3 saturated heterocycles. The molecule has 24 unspecified atom stereocenters. The average molecular weight is 955 g/mol. The topological polar surface area (TPSA) is 281 Å². The summed E-state index contributed by atoms with van der Waals surface area (Å²) in [5.74, 6) is -0.283. The van der Waals surface area contributed by atoms with E-state index in [2.05, 4.69) is 47.6 Å². The molecular formula is C49H78O18. The maximum Gasteiger partial charge on any atom is 0.337 e. The van der Waals surface area contributed by atoms with Gasteiger partial charge in [0.25, 0.3) is 0 Å². The van der Waals surface area contributed by atoms with Gasteiger partial charge in [0.15, 0.2) is 25.0 Å². The second-order valence-electron chi connectivity index (χ2n) is 23.6. The number of ether oxygens (including phenoxy) is 7. The van der Waals surface area contributed by atoms with Gasteiger partial charge in [0, 0.05) is 17.3 Å². The average Bonchev–Trinajstić information content (AvgIpc) is 3.28. The number of rotatable bonds is 9. The molecule has 0 bridgehead atoms. The Kier molecular flexibility index (Phi) is 13.9. The quantitative estimate of drug-likeness (QED) is 0.0886. The molecule has 67 heavy (non-hydrogen) atoms. The predicted molar refractivity (Wildman–Crippen MR) is 234 cm³/mol. The van der Waals surface area contributed by atoms with E-state index in [0.717, 1.165) is 45.6 Å². The third kappa shape index (κ3) is 8.02. The van der Waals surface area contributed by atoms with Gasteiger partial charge < -0.3 is 79.1 Å². The third-order valence-corrected chi connectivity index (χ3v) is 19.4. The lowest BCUT2D eigenvalue weighted by Crippen LogP contribution is -2.68. The first-order chi connectivity index (χ1) is 31.3.